The summed E-state index contributed by atoms with van der Waals surface area (Å²) in [7, 11) is 0. The van der Waals surface area contributed by atoms with Crippen LogP contribution in [-0.2, 0) is 16.1 Å². The van der Waals surface area contributed by atoms with E-state index in [2.05, 4.69) is 0 Å². The molecule has 0 saturated carbocycles. The summed E-state index contributed by atoms with van der Waals surface area (Å²) in [5.41, 5.74) is 2.64. The van der Waals surface area contributed by atoms with E-state index in [1.807, 2.05) is 48.2 Å². The third-order valence-corrected chi connectivity index (χ3v) is 4.64. The number of ether oxygens (including phenoxy) is 2. The molecule has 0 radical (unpaired) electrons. The van der Waals surface area contributed by atoms with Crippen LogP contribution in [0.2, 0.25) is 0 Å². The fraction of sp³-hybridized carbons (Fsp3) is 0.364. The van der Waals surface area contributed by atoms with Gasteiger partial charge in [-0.15, -0.1) is 0 Å². The summed E-state index contributed by atoms with van der Waals surface area (Å²) in [6, 6.07) is 14.7. The van der Waals surface area contributed by atoms with Crippen LogP contribution in [0.1, 0.15) is 41.3 Å². The third-order valence-electron chi connectivity index (χ3n) is 4.64. The number of benzene rings is 2. The molecule has 0 bridgehead atoms. The van der Waals surface area contributed by atoms with Gasteiger partial charge in [0.25, 0.3) is 5.91 Å². The summed E-state index contributed by atoms with van der Waals surface area (Å²) in [4.78, 5) is 26.3. The number of nitrogens with zero attached hydrogens (tertiary/aromatic N) is 1. The van der Waals surface area contributed by atoms with Gasteiger partial charge < -0.3 is 14.4 Å². The monoisotopic (exact) mass is 367 g/mol. The molecule has 1 saturated heterocycles. The Labute approximate surface area is 159 Å². The van der Waals surface area contributed by atoms with Gasteiger partial charge in [-0.25, -0.2) is 4.79 Å². The Hall–Kier alpha value is -2.82. The zero-order valence-corrected chi connectivity index (χ0v) is 15.8. The van der Waals surface area contributed by atoms with Gasteiger partial charge in [-0.2, -0.15) is 0 Å². The molecule has 142 valence electrons. The summed E-state index contributed by atoms with van der Waals surface area (Å²) in [5.74, 6) is 0.277. The molecule has 1 aliphatic heterocycles. The molecule has 2 aromatic rings. The average Bonchev–Trinajstić information content (AvgIpc) is 3.22. The van der Waals surface area contributed by atoms with Crippen LogP contribution in [-0.4, -0.2) is 36.0 Å². The zero-order valence-electron chi connectivity index (χ0n) is 15.8. The minimum absolute atomic E-state index is 0.0659. The molecule has 1 fully saturated rings. The number of aryl methyl sites for hydroxylation is 1. The predicted molar refractivity (Wildman–Crippen MR) is 103 cm³/mol. The molecule has 0 aromatic heterocycles. The number of likely N-dealkylation sites (tertiary alicyclic amines) is 1. The van der Waals surface area contributed by atoms with E-state index in [-0.39, 0.29) is 12.5 Å². The second kappa shape index (κ2) is 8.71. The van der Waals surface area contributed by atoms with Crippen LogP contribution in [0.5, 0.6) is 5.75 Å². The first kappa shape index (κ1) is 19.0. The van der Waals surface area contributed by atoms with Crippen LogP contribution >= 0.6 is 0 Å². The maximum absolute atomic E-state index is 12.3. The SMILES string of the molecule is Cc1ccc(OC(C)C(=O)OCc2ccc(C(=O)N3CCCC3)cc2)cc1. The van der Waals surface area contributed by atoms with Crippen molar-refractivity contribution in [3.05, 3.63) is 65.2 Å². The lowest BCUT2D eigenvalue weighted by Crippen LogP contribution is -2.27. The van der Waals surface area contributed by atoms with E-state index in [0.29, 0.717) is 11.3 Å². The fourth-order valence-corrected chi connectivity index (χ4v) is 2.99. The molecule has 0 aliphatic carbocycles. The van der Waals surface area contributed by atoms with E-state index < -0.39 is 12.1 Å². The van der Waals surface area contributed by atoms with Crippen molar-refractivity contribution in [2.45, 2.75) is 39.4 Å². The van der Waals surface area contributed by atoms with Gasteiger partial charge >= 0.3 is 5.97 Å². The van der Waals surface area contributed by atoms with Gasteiger partial charge in [-0.3, -0.25) is 4.79 Å². The first-order valence-corrected chi connectivity index (χ1v) is 9.31. The van der Waals surface area contributed by atoms with E-state index in [9.17, 15) is 9.59 Å². The number of amides is 1. The van der Waals surface area contributed by atoms with Gasteiger partial charge in [0.05, 0.1) is 0 Å². The van der Waals surface area contributed by atoms with E-state index >= 15 is 0 Å². The molecule has 2 aromatic carbocycles. The minimum atomic E-state index is -0.691. The molecule has 1 unspecified atom stereocenters. The molecular weight excluding hydrogens is 342 g/mol. The molecule has 27 heavy (non-hydrogen) atoms. The Morgan fingerprint density at radius 3 is 2.26 bits per heavy atom. The Kier molecular flexibility index (Phi) is 6.12. The molecular formula is C22H25NO4. The summed E-state index contributed by atoms with van der Waals surface area (Å²) >= 11 is 0. The second-order valence-corrected chi connectivity index (χ2v) is 6.88. The second-order valence-electron chi connectivity index (χ2n) is 6.88. The van der Waals surface area contributed by atoms with Gasteiger partial charge in [0.15, 0.2) is 6.10 Å². The molecule has 3 rings (SSSR count). The summed E-state index contributed by atoms with van der Waals surface area (Å²) in [5, 5.41) is 0. The van der Waals surface area contributed by atoms with Crippen molar-refractivity contribution >= 4 is 11.9 Å². The van der Waals surface area contributed by atoms with Crippen LogP contribution < -0.4 is 4.74 Å². The Bertz CT molecular complexity index is 777. The highest BCUT2D eigenvalue weighted by molar-refractivity contribution is 5.94. The number of rotatable bonds is 6. The maximum Gasteiger partial charge on any atom is 0.347 e. The smallest absolute Gasteiger partial charge is 0.347 e. The number of esters is 1. The van der Waals surface area contributed by atoms with Crippen molar-refractivity contribution in [3.8, 4) is 5.75 Å². The van der Waals surface area contributed by atoms with Crippen LogP contribution in [0.25, 0.3) is 0 Å². The first-order valence-electron chi connectivity index (χ1n) is 9.31. The van der Waals surface area contributed by atoms with E-state index in [1.54, 1.807) is 19.1 Å². The van der Waals surface area contributed by atoms with Gasteiger partial charge in [0.1, 0.15) is 12.4 Å². The highest BCUT2D eigenvalue weighted by Gasteiger charge is 2.20. The first-order chi connectivity index (χ1) is 13.0. The van der Waals surface area contributed by atoms with Crippen molar-refractivity contribution in [3.63, 3.8) is 0 Å². The number of hydrogen-bond acceptors (Lipinski definition) is 4. The van der Waals surface area contributed by atoms with Gasteiger partial charge in [0, 0.05) is 18.7 Å². The van der Waals surface area contributed by atoms with Crippen LogP contribution in [0.4, 0.5) is 0 Å². The topological polar surface area (TPSA) is 55.8 Å². The molecule has 0 spiro atoms. The number of hydrogen-bond donors (Lipinski definition) is 0. The molecule has 1 amide bonds. The molecule has 0 N–H and O–H groups in total. The lowest BCUT2D eigenvalue weighted by molar-refractivity contribution is -0.152. The van der Waals surface area contributed by atoms with Crippen molar-refractivity contribution in [2.24, 2.45) is 0 Å². The highest BCUT2D eigenvalue weighted by atomic mass is 16.6. The quantitative estimate of drug-likeness (QED) is 0.730. The van der Waals surface area contributed by atoms with Crippen molar-refractivity contribution in [1.29, 1.82) is 0 Å². The summed E-state index contributed by atoms with van der Waals surface area (Å²) in [6.07, 6.45) is 1.45. The average molecular weight is 367 g/mol. The lowest BCUT2D eigenvalue weighted by atomic mass is 10.1. The van der Waals surface area contributed by atoms with Gasteiger partial charge in [-0.05, 0) is 56.5 Å². The molecule has 1 heterocycles. The molecule has 5 nitrogen and oxygen atoms in total. The van der Waals surface area contributed by atoms with E-state index in [0.717, 1.165) is 37.1 Å². The standard InChI is InChI=1S/C22H25NO4/c1-16-5-11-20(12-6-16)27-17(2)22(25)26-15-18-7-9-19(10-8-18)21(24)23-13-3-4-14-23/h5-12,17H,3-4,13-15H2,1-2H3. The molecule has 1 atom stereocenters. The van der Waals surface area contributed by atoms with Gasteiger partial charge in [0.2, 0.25) is 0 Å². The highest BCUT2D eigenvalue weighted by Crippen LogP contribution is 2.16. The van der Waals surface area contributed by atoms with Crippen molar-refractivity contribution in [1.82, 2.24) is 4.90 Å². The number of carbonyl (C=O) groups excluding carboxylic acids is 2. The maximum atomic E-state index is 12.3. The van der Waals surface area contributed by atoms with Crippen LogP contribution in [0, 0.1) is 6.92 Å². The lowest BCUT2D eigenvalue weighted by Gasteiger charge is -2.16. The Balaban J connectivity index is 1.49. The minimum Gasteiger partial charge on any atom is -0.479 e. The molecule has 1 aliphatic rings. The summed E-state index contributed by atoms with van der Waals surface area (Å²) in [6.45, 7) is 5.47. The normalized spacial score (nSPS) is 14.7. The number of carbonyl (C=O) groups is 2. The van der Waals surface area contributed by atoms with Crippen LogP contribution in [0.3, 0.4) is 0 Å². The Morgan fingerprint density at radius 2 is 1.63 bits per heavy atom. The Morgan fingerprint density at radius 1 is 1.00 bits per heavy atom. The van der Waals surface area contributed by atoms with Crippen molar-refractivity contribution < 1.29 is 19.1 Å². The largest absolute Gasteiger partial charge is 0.479 e. The van der Waals surface area contributed by atoms with Crippen LogP contribution in [0.15, 0.2) is 48.5 Å². The zero-order chi connectivity index (χ0) is 19.2. The summed E-state index contributed by atoms with van der Waals surface area (Å²) < 4.78 is 10.9. The third kappa shape index (κ3) is 5.09. The van der Waals surface area contributed by atoms with Gasteiger partial charge in [-0.1, -0.05) is 29.8 Å². The van der Waals surface area contributed by atoms with E-state index in [4.69, 9.17) is 9.47 Å². The fourth-order valence-electron chi connectivity index (χ4n) is 2.99. The van der Waals surface area contributed by atoms with E-state index in [1.165, 1.54) is 0 Å². The molecule has 5 heteroatoms. The van der Waals surface area contributed by atoms with Crippen molar-refractivity contribution in [2.75, 3.05) is 13.1 Å². The predicted octanol–water partition coefficient (Wildman–Crippen LogP) is 3.74.